The molecule has 0 radical (unpaired) electrons. The summed E-state index contributed by atoms with van der Waals surface area (Å²) < 4.78 is 0.957. The van der Waals surface area contributed by atoms with Gasteiger partial charge in [0.05, 0.1) is 6.10 Å². The highest BCUT2D eigenvalue weighted by molar-refractivity contribution is 9.10. The van der Waals surface area contributed by atoms with E-state index in [1.165, 1.54) is 0 Å². The smallest absolute Gasteiger partial charge is 0.0761 e. The zero-order chi connectivity index (χ0) is 14.5. The van der Waals surface area contributed by atoms with Crippen molar-refractivity contribution in [1.82, 2.24) is 9.88 Å². The van der Waals surface area contributed by atoms with Gasteiger partial charge in [-0.25, -0.2) is 0 Å². The van der Waals surface area contributed by atoms with Gasteiger partial charge < -0.3 is 5.11 Å². The molecule has 1 N–H and O–H groups in total. The Kier molecular flexibility index (Phi) is 6.43. The highest BCUT2D eigenvalue weighted by Gasteiger charge is 2.35. The Hall–Kier alpha value is -0.450. The van der Waals surface area contributed by atoms with Crippen LogP contribution in [0.25, 0.3) is 0 Å². The van der Waals surface area contributed by atoms with Crippen LogP contribution in [0, 0.1) is 0 Å². The fourth-order valence-electron chi connectivity index (χ4n) is 2.63. The minimum atomic E-state index is -0.395. The number of rotatable bonds is 7. The summed E-state index contributed by atoms with van der Waals surface area (Å²) in [6.07, 6.45) is 4.75. The first kappa shape index (κ1) is 16.6. The van der Waals surface area contributed by atoms with Gasteiger partial charge >= 0.3 is 0 Å². The molecule has 0 aliphatic rings. The molecule has 0 aromatic carbocycles. The van der Waals surface area contributed by atoms with Crippen molar-refractivity contribution in [3.05, 3.63) is 28.5 Å². The van der Waals surface area contributed by atoms with Crippen LogP contribution in [0.2, 0.25) is 0 Å². The average molecular weight is 329 g/mol. The summed E-state index contributed by atoms with van der Waals surface area (Å²) in [5.74, 6) is 0. The Labute approximate surface area is 125 Å². The van der Waals surface area contributed by atoms with Crippen LogP contribution in [0.3, 0.4) is 0 Å². The van der Waals surface area contributed by atoms with E-state index in [1.807, 2.05) is 12.3 Å². The van der Waals surface area contributed by atoms with Crippen molar-refractivity contribution in [2.24, 2.45) is 0 Å². The van der Waals surface area contributed by atoms with Gasteiger partial charge in [-0.3, -0.25) is 9.88 Å². The van der Waals surface area contributed by atoms with Crippen LogP contribution >= 0.6 is 15.9 Å². The van der Waals surface area contributed by atoms with Crippen molar-refractivity contribution in [3.8, 4) is 0 Å². The highest BCUT2D eigenvalue weighted by atomic mass is 79.9. The first-order valence-corrected chi connectivity index (χ1v) is 7.79. The number of nitrogens with zero attached hydrogens (tertiary/aromatic N) is 2. The van der Waals surface area contributed by atoms with E-state index in [-0.39, 0.29) is 5.54 Å². The van der Waals surface area contributed by atoms with E-state index in [1.54, 1.807) is 6.20 Å². The monoisotopic (exact) mass is 328 g/mol. The number of hydrogen-bond acceptors (Lipinski definition) is 3. The lowest BCUT2D eigenvalue weighted by Gasteiger charge is -2.43. The molecule has 1 aromatic heterocycles. The molecular weight excluding hydrogens is 304 g/mol. The molecular formula is C15H25BrN2O. The largest absolute Gasteiger partial charge is 0.391 e. The second kappa shape index (κ2) is 7.36. The van der Waals surface area contributed by atoms with E-state index in [0.29, 0.717) is 6.42 Å². The predicted molar refractivity (Wildman–Crippen MR) is 83.3 cm³/mol. The summed E-state index contributed by atoms with van der Waals surface area (Å²) in [5, 5.41) is 10.7. The van der Waals surface area contributed by atoms with Crippen LogP contribution < -0.4 is 0 Å². The molecule has 0 amide bonds. The zero-order valence-electron chi connectivity index (χ0n) is 12.4. The summed E-state index contributed by atoms with van der Waals surface area (Å²) in [6.45, 7) is 10.5. The molecule has 0 spiro atoms. The molecule has 0 fully saturated rings. The van der Waals surface area contributed by atoms with Crippen molar-refractivity contribution >= 4 is 15.9 Å². The van der Waals surface area contributed by atoms with Crippen molar-refractivity contribution in [2.45, 2.75) is 52.2 Å². The van der Waals surface area contributed by atoms with Gasteiger partial charge in [0.15, 0.2) is 0 Å². The van der Waals surface area contributed by atoms with Crippen LogP contribution in [0.1, 0.15) is 39.7 Å². The van der Waals surface area contributed by atoms with E-state index >= 15 is 0 Å². The van der Waals surface area contributed by atoms with Crippen LogP contribution in [0.15, 0.2) is 22.9 Å². The first-order chi connectivity index (χ1) is 8.97. The fourth-order valence-corrected chi connectivity index (χ4v) is 3.04. The number of halogens is 1. The predicted octanol–water partition coefficient (Wildman–Crippen LogP) is 3.26. The summed E-state index contributed by atoms with van der Waals surface area (Å²) in [5.41, 5.74) is 0.875. The molecule has 1 rings (SSSR count). The minimum Gasteiger partial charge on any atom is -0.391 e. The van der Waals surface area contributed by atoms with E-state index < -0.39 is 6.10 Å². The topological polar surface area (TPSA) is 36.4 Å². The highest BCUT2D eigenvalue weighted by Crippen LogP contribution is 2.26. The first-order valence-electron chi connectivity index (χ1n) is 7.00. The van der Waals surface area contributed by atoms with Crippen molar-refractivity contribution in [3.63, 3.8) is 0 Å². The van der Waals surface area contributed by atoms with Crippen LogP contribution in [-0.2, 0) is 6.42 Å². The molecule has 1 heterocycles. The van der Waals surface area contributed by atoms with Crippen molar-refractivity contribution < 1.29 is 5.11 Å². The van der Waals surface area contributed by atoms with Gasteiger partial charge in [-0.15, -0.1) is 0 Å². The molecule has 0 aliphatic heterocycles. The number of aliphatic hydroxyl groups excluding tert-OH is 1. The third-order valence-electron chi connectivity index (χ3n) is 4.11. The normalized spacial score (nSPS) is 16.4. The molecule has 0 bridgehead atoms. The summed E-state index contributed by atoms with van der Waals surface area (Å²) in [4.78, 5) is 6.50. The molecule has 0 aliphatic carbocycles. The summed E-state index contributed by atoms with van der Waals surface area (Å²) >= 11 is 3.42. The lowest BCUT2D eigenvalue weighted by molar-refractivity contribution is -0.0190. The van der Waals surface area contributed by atoms with E-state index in [9.17, 15) is 5.11 Å². The Morgan fingerprint density at radius 3 is 2.42 bits per heavy atom. The summed E-state index contributed by atoms with van der Waals surface area (Å²) in [7, 11) is 0. The van der Waals surface area contributed by atoms with Gasteiger partial charge in [-0.2, -0.15) is 0 Å². The van der Waals surface area contributed by atoms with E-state index in [2.05, 4.69) is 53.5 Å². The maximum Gasteiger partial charge on any atom is 0.0761 e. The third-order valence-corrected chi connectivity index (χ3v) is 4.54. The molecule has 2 atom stereocenters. The molecule has 3 nitrogen and oxygen atoms in total. The Balaban J connectivity index is 2.87. The van der Waals surface area contributed by atoms with Gasteiger partial charge in [0.25, 0.3) is 0 Å². The average Bonchev–Trinajstić information content (AvgIpc) is 2.39. The SMILES string of the molecule is CCN(CC)C(C)(CC)C(O)Cc1cncc(Br)c1. The lowest BCUT2D eigenvalue weighted by atomic mass is 9.86. The Morgan fingerprint density at radius 2 is 1.95 bits per heavy atom. The zero-order valence-corrected chi connectivity index (χ0v) is 13.9. The van der Waals surface area contributed by atoms with E-state index in [0.717, 1.165) is 29.5 Å². The Morgan fingerprint density at radius 1 is 1.32 bits per heavy atom. The molecule has 19 heavy (non-hydrogen) atoms. The molecule has 0 saturated heterocycles. The fraction of sp³-hybridized carbons (Fsp3) is 0.667. The van der Waals surface area contributed by atoms with Crippen LogP contribution in [0.5, 0.6) is 0 Å². The van der Waals surface area contributed by atoms with Gasteiger partial charge in [0, 0.05) is 28.8 Å². The number of pyridine rings is 1. The molecule has 108 valence electrons. The van der Waals surface area contributed by atoms with Gasteiger partial charge in [-0.05, 0) is 54.0 Å². The van der Waals surface area contributed by atoms with Crippen molar-refractivity contribution in [2.75, 3.05) is 13.1 Å². The maximum atomic E-state index is 10.7. The van der Waals surface area contributed by atoms with E-state index in [4.69, 9.17) is 0 Å². The van der Waals surface area contributed by atoms with Gasteiger partial charge in [-0.1, -0.05) is 20.8 Å². The maximum absolute atomic E-state index is 10.7. The molecule has 0 saturated carbocycles. The second-order valence-corrected chi connectivity index (χ2v) is 6.03. The van der Waals surface area contributed by atoms with Crippen LogP contribution in [0.4, 0.5) is 0 Å². The Bertz CT molecular complexity index is 395. The molecule has 4 heteroatoms. The number of likely N-dealkylation sites (N-methyl/N-ethyl adjacent to an activating group) is 1. The van der Waals surface area contributed by atoms with Gasteiger partial charge in [0.2, 0.25) is 0 Å². The standard InChI is InChI=1S/C15H25BrN2O/c1-5-15(4,18(6-2)7-3)14(19)9-12-8-13(16)11-17-10-12/h8,10-11,14,19H,5-7,9H2,1-4H3. The lowest BCUT2D eigenvalue weighted by Crippen LogP contribution is -2.54. The van der Waals surface area contributed by atoms with Crippen molar-refractivity contribution in [1.29, 1.82) is 0 Å². The van der Waals surface area contributed by atoms with Crippen LogP contribution in [-0.4, -0.2) is 39.7 Å². The second-order valence-electron chi connectivity index (χ2n) is 5.11. The molecule has 2 unspecified atom stereocenters. The third kappa shape index (κ3) is 4.01. The number of aliphatic hydroxyl groups is 1. The summed E-state index contributed by atoms with van der Waals surface area (Å²) in [6, 6.07) is 2.02. The van der Waals surface area contributed by atoms with Gasteiger partial charge in [0.1, 0.15) is 0 Å². The molecule has 1 aromatic rings. The quantitative estimate of drug-likeness (QED) is 0.834. The number of aromatic nitrogens is 1. The minimum absolute atomic E-state index is 0.189. The number of hydrogen-bond donors (Lipinski definition) is 1.